The number of nitrogens with one attached hydrogen (secondary N) is 1. The summed E-state index contributed by atoms with van der Waals surface area (Å²) < 4.78 is 1.83. The third-order valence-electron chi connectivity index (χ3n) is 4.46. The highest BCUT2D eigenvalue weighted by Gasteiger charge is 2.18. The van der Waals surface area contributed by atoms with Gasteiger partial charge in [-0.1, -0.05) is 59.7 Å². The van der Waals surface area contributed by atoms with Crippen molar-refractivity contribution in [3.05, 3.63) is 77.0 Å². The van der Waals surface area contributed by atoms with Crippen molar-refractivity contribution < 1.29 is 4.79 Å². The molecule has 5 nitrogen and oxygen atoms in total. The standard InChI is InChI=1S/C22H26N4O/c1-16-4-8-18(9-5-16)14-26-15-20(22(27)24-13-3-12-23)21(25-26)19-10-6-17(2)7-11-19/h4-11,15H,3,12-14,23H2,1-2H3,(H,24,27). The van der Waals surface area contributed by atoms with Gasteiger partial charge in [0.1, 0.15) is 5.69 Å². The molecule has 3 aromatic rings. The maximum atomic E-state index is 12.7. The summed E-state index contributed by atoms with van der Waals surface area (Å²) in [5.74, 6) is -0.116. The van der Waals surface area contributed by atoms with Crippen molar-refractivity contribution >= 4 is 5.91 Å². The van der Waals surface area contributed by atoms with Gasteiger partial charge in [0.15, 0.2) is 0 Å². The number of benzene rings is 2. The third-order valence-corrected chi connectivity index (χ3v) is 4.46. The van der Waals surface area contributed by atoms with Gasteiger partial charge in [-0.05, 0) is 32.4 Å². The van der Waals surface area contributed by atoms with Gasteiger partial charge >= 0.3 is 0 Å². The van der Waals surface area contributed by atoms with Crippen molar-refractivity contribution in [1.29, 1.82) is 0 Å². The molecule has 0 aliphatic heterocycles. The molecule has 0 atom stereocenters. The number of hydrogen-bond acceptors (Lipinski definition) is 3. The first-order valence-electron chi connectivity index (χ1n) is 9.25. The Labute approximate surface area is 160 Å². The van der Waals surface area contributed by atoms with Gasteiger partial charge in [0.2, 0.25) is 0 Å². The Morgan fingerprint density at radius 3 is 2.30 bits per heavy atom. The van der Waals surface area contributed by atoms with E-state index in [1.54, 1.807) is 0 Å². The van der Waals surface area contributed by atoms with Crippen LogP contribution in [0.2, 0.25) is 0 Å². The largest absolute Gasteiger partial charge is 0.352 e. The lowest BCUT2D eigenvalue weighted by molar-refractivity contribution is 0.0954. The topological polar surface area (TPSA) is 72.9 Å². The maximum absolute atomic E-state index is 12.7. The highest BCUT2D eigenvalue weighted by Crippen LogP contribution is 2.23. The molecule has 1 amide bonds. The fraction of sp³-hybridized carbons (Fsp3) is 0.273. The Kier molecular flexibility index (Phi) is 6.04. The molecule has 0 unspecified atom stereocenters. The molecule has 0 radical (unpaired) electrons. The Morgan fingerprint density at radius 1 is 1.04 bits per heavy atom. The molecule has 1 heterocycles. The predicted octanol–water partition coefficient (Wildman–Crippen LogP) is 3.29. The SMILES string of the molecule is Cc1ccc(Cn2cc(C(=O)NCCCN)c(-c3ccc(C)cc3)n2)cc1. The van der Waals surface area contributed by atoms with E-state index >= 15 is 0 Å². The van der Waals surface area contributed by atoms with Crippen molar-refractivity contribution in [3.63, 3.8) is 0 Å². The van der Waals surface area contributed by atoms with Crippen molar-refractivity contribution in [2.24, 2.45) is 5.73 Å². The number of nitrogens with zero attached hydrogens (tertiary/aromatic N) is 2. The second-order valence-corrected chi connectivity index (χ2v) is 6.84. The monoisotopic (exact) mass is 362 g/mol. The van der Waals surface area contributed by atoms with Gasteiger partial charge in [-0.25, -0.2) is 0 Å². The van der Waals surface area contributed by atoms with E-state index in [0.717, 1.165) is 17.5 Å². The molecule has 27 heavy (non-hydrogen) atoms. The molecule has 0 bridgehead atoms. The van der Waals surface area contributed by atoms with Gasteiger partial charge in [0.25, 0.3) is 5.91 Å². The van der Waals surface area contributed by atoms with E-state index in [4.69, 9.17) is 10.8 Å². The van der Waals surface area contributed by atoms with Gasteiger partial charge in [0.05, 0.1) is 12.1 Å². The first-order valence-corrected chi connectivity index (χ1v) is 9.25. The number of hydrogen-bond donors (Lipinski definition) is 2. The van der Waals surface area contributed by atoms with Gasteiger partial charge in [-0.15, -0.1) is 0 Å². The van der Waals surface area contributed by atoms with Crippen molar-refractivity contribution in [2.45, 2.75) is 26.8 Å². The van der Waals surface area contributed by atoms with Gasteiger partial charge < -0.3 is 11.1 Å². The van der Waals surface area contributed by atoms with Crippen LogP contribution < -0.4 is 11.1 Å². The summed E-state index contributed by atoms with van der Waals surface area (Å²) in [4.78, 5) is 12.7. The molecule has 0 aliphatic carbocycles. The molecule has 0 saturated carbocycles. The summed E-state index contributed by atoms with van der Waals surface area (Å²) in [7, 11) is 0. The summed E-state index contributed by atoms with van der Waals surface area (Å²) in [5.41, 5.74) is 11.3. The summed E-state index contributed by atoms with van der Waals surface area (Å²) in [5, 5.41) is 7.64. The predicted molar refractivity (Wildman–Crippen MR) is 109 cm³/mol. The van der Waals surface area contributed by atoms with Crippen LogP contribution in [-0.2, 0) is 6.54 Å². The first-order chi connectivity index (χ1) is 13.1. The number of carbonyl (C=O) groups excluding carboxylic acids is 1. The van der Waals surface area contributed by atoms with Crippen molar-refractivity contribution in [2.75, 3.05) is 13.1 Å². The summed E-state index contributed by atoms with van der Waals surface area (Å²) in [6, 6.07) is 16.4. The average molecular weight is 362 g/mol. The van der Waals surface area contributed by atoms with E-state index in [1.165, 1.54) is 11.1 Å². The minimum Gasteiger partial charge on any atom is -0.352 e. The Hall–Kier alpha value is -2.92. The minimum atomic E-state index is -0.116. The van der Waals surface area contributed by atoms with Crippen LogP contribution in [0, 0.1) is 13.8 Å². The molecule has 2 aromatic carbocycles. The number of aryl methyl sites for hydroxylation is 2. The number of rotatable bonds is 7. The number of nitrogens with two attached hydrogens (primary N) is 1. The van der Waals surface area contributed by atoms with Crippen LogP contribution in [0.1, 0.15) is 33.5 Å². The third kappa shape index (κ3) is 4.83. The fourth-order valence-corrected chi connectivity index (χ4v) is 2.87. The van der Waals surface area contributed by atoms with E-state index in [1.807, 2.05) is 42.1 Å². The van der Waals surface area contributed by atoms with E-state index < -0.39 is 0 Å². The molecule has 0 saturated heterocycles. The van der Waals surface area contributed by atoms with Crippen molar-refractivity contribution in [3.8, 4) is 11.3 Å². The fourth-order valence-electron chi connectivity index (χ4n) is 2.87. The highest BCUT2D eigenvalue weighted by atomic mass is 16.1. The number of amides is 1. The van der Waals surface area contributed by atoms with Crippen LogP contribution in [0.3, 0.4) is 0 Å². The minimum absolute atomic E-state index is 0.116. The van der Waals surface area contributed by atoms with Crippen LogP contribution in [0.4, 0.5) is 0 Å². The lowest BCUT2D eigenvalue weighted by Crippen LogP contribution is -2.26. The smallest absolute Gasteiger partial charge is 0.255 e. The molecule has 3 N–H and O–H groups in total. The Balaban J connectivity index is 1.91. The normalized spacial score (nSPS) is 10.8. The molecule has 1 aromatic heterocycles. The molecular weight excluding hydrogens is 336 g/mol. The molecule has 5 heteroatoms. The van der Waals surface area contributed by atoms with Crippen LogP contribution in [0.25, 0.3) is 11.3 Å². The zero-order valence-corrected chi connectivity index (χ0v) is 15.9. The summed E-state index contributed by atoms with van der Waals surface area (Å²) in [6.45, 7) is 5.84. The summed E-state index contributed by atoms with van der Waals surface area (Å²) in [6.07, 6.45) is 2.58. The van der Waals surface area contributed by atoms with Crippen molar-refractivity contribution in [1.82, 2.24) is 15.1 Å². The van der Waals surface area contributed by atoms with Gasteiger partial charge in [-0.3, -0.25) is 9.48 Å². The highest BCUT2D eigenvalue weighted by molar-refractivity contribution is 5.99. The van der Waals surface area contributed by atoms with E-state index in [-0.39, 0.29) is 5.91 Å². The van der Waals surface area contributed by atoms with Crippen LogP contribution in [-0.4, -0.2) is 28.8 Å². The lowest BCUT2D eigenvalue weighted by Gasteiger charge is -2.05. The Bertz CT molecular complexity index is 895. The molecule has 140 valence electrons. The molecule has 3 rings (SSSR count). The molecule has 0 spiro atoms. The molecule has 0 aliphatic rings. The Morgan fingerprint density at radius 2 is 1.67 bits per heavy atom. The van der Waals surface area contributed by atoms with E-state index in [0.29, 0.717) is 30.9 Å². The number of carbonyl (C=O) groups is 1. The zero-order chi connectivity index (χ0) is 19.2. The lowest BCUT2D eigenvalue weighted by atomic mass is 10.1. The number of aromatic nitrogens is 2. The molecule has 0 fully saturated rings. The average Bonchev–Trinajstić information content (AvgIpc) is 3.08. The second kappa shape index (κ2) is 8.64. The first kappa shape index (κ1) is 18.9. The van der Waals surface area contributed by atoms with Gasteiger partial charge in [-0.2, -0.15) is 5.10 Å². The van der Waals surface area contributed by atoms with Crippen LogP contribution in [0.5, 0.6) is 0 Å². The van der Waals surface area contributed by atoms with E-state index in [9.17, 15) is 4.79 Å². The van der Waals surface area contributed by atoms with Gasteiger partial charge in [0, 0.05) is 18.3 Å². The molecular formula is C22H26N4O. The maximum Gasteiger partial charge on any atom is 0.255 e. The quantitative estimate of drug-likeness (QED) is 0.634. The summed E-state index contributed by atoms with van der Waals surface area (Å²) >= 11 is 0. The second-order valence-electron chi connectivity index (χ2n) is 6.84. The van der Waals surface area contributed by atoms with E-state index in [2.05, 4.69) is 36.5 Å². The zero-order valence-electron chi connectivity index (χ0n) is 15.9. The van der Waals surface area contributed by atoms with Crippen LogP contribution in [0.15, 0.2) is 54.7 Å². The van der Waals surface area contributed by atoms with Crippen LogP contribution >= 0.6 is 0 Å².